The van der Waals surface area contributed by atoms with Crippen molar-refractivity contribution in [3.8, 4) is 22.6 Å². The second kappa shape index (κ2) is 27.4. The first kappa shape index (κ1) is 68.1. The van der Waals surface area contributed by atoms with Crippen molar-refractivity contribution >= 4 is 123 Å². The standard InChI is InChI=1S/C30H28BCl2F2N3O6S.C24H20F3N3O4S.C7H6BrFO/c1-6-12-45(41,42)37-22-11-10-21(34)24(25(22)35)26(39)18-15-38(28(40)23-19(32)8-7-9-20(23)33)27-17(18)13-16(14-36-27)31-43-29(2,3)30(4,5)44-31;1-3-8-35(32,33)30-20-7-6-18(25)21(22(20)27)23(31)17-12-29-24-16(17)9-13(11-28-24)15-5-4-14(34-2)10-19(15)26;1-10-5-2-3-6(8)7(9)4-5/h7-11,13-15,37H,6,12H2,1-5H3;4-7,9-12,30H,3,8H2,1-2H3,(H,28,29);2-4H,1H3. The number of hydrogen-bond acceptors (Lipinski definition) is 13. The van der Waals surface area contributed by atoms with Crippen molar-refractivity contribution in [1.82, 2.24) is 19.5 Å². The number of sulfonamides is 2. The monoisotopic (exact) mass is 1380 g/mol. The molecule has 0 bridgehead atoms. The van der Waals surface area contributed by atoms with E-state index < -0.39 is 107 Å². The van der Waals surface area contributed by atoms with Gasteiger partial charge in [0.1, 0.15) is 46.1 Å². The number of halogens is 9. The minimum atomic E-state index is -3.98. The molecule has 1 aliphatic rings. The van der Waals surface area contributed by atoms with Crippen LogP contribution in [0.25, 0.3) is 33.2 Å². The largest absolute Gasteiger partial charge is 0.497 e. The highest BCUT2D eigenvalue weighted by molar-refractivity contribution is 9.10. The third kappa shape index (κ3) is 14.5. The van der Waals surface area contributed by atoms with Crippen LogP contribution < -0.4 is 24.4 Å². The van der Waals surface area contributed by atoms with Gasteiger partial charge in [-0.15, -0.1) is 0 Å². The molecule has 0 amide bonds. The molecule has 472 valence electrons. The minimum absolute atomic E-state index is 0.0280. The molecular formula is C61H54BBrCl2F6N6O11S2. The maximum absolute atomic E-state index is 15.7. The molecular weight excluding hydrogens is 1330 g/mol. The fourth-order valence-corrected chi connectivity index (χ4v) is 12.2. The lowest BCUT2D eigenvalue weighted by molar-refractivity contribution is 0.00578. The number of methoxy groups -OCH3 is 2. The molecule has 1 aliphatic heterocycles. The van der Waals surface area contributed by atoms with Gasteiger partial charge in [-0.05, 0) is 129 Å². The van der Waals surface area contributed by atoms with Gasteiger partial charge in [-0.1, -0.05) is 43.1 Å². The van der Waals surface area contributed by atoms with Crippen LogP contribution in [0.3, 0.4) is 0 Å². The van der Waals surface area contributed by atoms with Crippen LogP contribution in [0.4, 0.5) is 37.7 Å². The van der Waals surface area contributed by atoms with Crippen LogP contribution in [0, 0.1) is 34.9 Å². The summed E-state index contributed by atoms with van der Waals surface area (Å²) < 4.78 is 164. The summed E-state index contributed by atoms with van der Waals surface area (Å²) in [6, 6.07) is 19.7. The van der Waals surface area contributed by atoms with E-state index in [2.05, 4.69) is 35.6 Å². The van der Waals surface area contributed by atoms with Crippen LogP contribution in [0.15, 0.2) is 120 Å². The van der Waals surface area contributed by atoms with Crippen molar-refractivity contribution in [2.75, 3.05) is 35.2 Å². The van der Waals surface area contributed by atoms with Gasteiger partial charge in [0.2, 0.25) is 31.6 Å². The van der Waals surface area contributed by atoms with Crippen molar-refractivity contribution < 1.29 is 76.3 Å². The van der Waals surface area contributed by atoms with Crippen LogP contribution in [-0.4, -0.2) is 97.9 Å². The Kier molecular flexibility index (Phi) is 20.7. The number of aromatic nitrogens is 4. The van der Waals surface area contributed by atoms with Crippen molar-refractivity contribution in [2.45, 2.75) is 65.6 Å². The Morgan fingerprint density at radius 1 is 0.656 bits per heavy atom. The van der Waals surface area contributed by atoms with Crippen molar-refractivity contribution in [3.05, 3.63) is 193 Å². The van der Waals surface area contributed by atoms with Crippen molar-refractivity contribution in [2.24, 2.45) is 0 Å². The number of nitrogens with one attached hydrogen (secondary N) is 3. The summed E-state index contributed by atoms with van der Waals surface area (Å²) in [7, 11) is -5.87. The number of benzene rings is 5. The molecule has 17 nitrogen and oxygen atoms in total. The van der Waals surface area contributed by atoms with Gasteiger partial charge in [-0.2, -0.15) is 0 Å². The highest BCUT2D eigenvalue weighted by Gasteiger charge is 2.52. The van der Waals surface area contributed by atoms with Gasteiger partial charge < -0.3 is 23.8 Å². The van der Waals surface area contributed by atoms with Gasteiger partial charge in [-0.25, -0.2) is 53.1 Å². The van der Waals surface area contributed by atoms with Gasteiger partial charge in [0, 0.05) is 69.8 Å². The average molecular weight is 1390 g/mol. The summed E-state index contributed by atoms with van der Waals surface area (Å²) >= 11 is 15.6. The fourth-order valence-electron chi connectivity index (χ4n) is 9.11. The molecule has 1 saturated heterocycles. The van der Waals surface area contributed by atoms with Crippen LogP contribution in [0.5, 0.6) is 11.5 Å². The topological polar surface area (TPSA) is 227 Å². The first-order valence-corrected chi connectivity index (χ1v) is 31.9. The summed E-state index contributed by atoms with van der Waals surface area (Å²) in [5.41, 5.74) is -3.96. The Morgan fingerprint density at radius 2 is 1.18 bits per heavy atom. The number of ether oxygens (including phenoxy) is 2. The molecule has 3 N–H and O–H groups in total. The summed E-state index contributed by atoms with van der Waals surface area (Å²) in [6.07, 6.45) is 5.64. The van der Waals surface area contributed by atoms with E-state index in [1.165, 1.54) is 75.3 Å². The molecule has 0 atom stereocenters. The lowest BCUT2D eigenvalue weighted by atomic mass is 9.79. The molecule has 0 saturated carbocycles. The highest BCUT2D eigenvalue weighted by atomic mass is 79.9. The molecule has 5 heterocycles. The molecule has 29 heteroatoms. The number of ketones is 2. The first-order chi connectivity index (χ1) is 42.4. The Labute approximate surface area is 531 Å². The molecule has 4 aromatic heterocycles. The molecule has 10 rings (SSSR count). The maximum Gasteiger partial charge on any atom is 0.496 e. The molecule has 1 fully saturated rings. The maximum atomic E-state index is 15.7. The fraction of sp³-hybridized carbons (Fsp3) is 0.230. The van der Waals surface area contributed by atoms with E-state index in [1.807, 2.05) is 32.4 Å². The van der Waals surface area contributed by atoms with Crippen LogP contribution in [0.2, 0.25) is 10.0 Å². The second-order valence-electron chi connectivity index (χ2n) is 21.1. The number of H-pyrrole nitrogens is 1. The smallest absolute Gasteiger partial charge is 0.496 e. The third-order valence-electron chi connectivity index (χ3n) is 14.3. The zero-order chi connectivity index (χ0) is 65.9. The number of fused-ring (bicyclic) bond motifs is 2. The molecule has 0 spiro atoms. The lowest BCUT2D eigenvalue weighted by Gasteiger charge is -2.32. The zero-order valence-electron chi connectivity index (χ0n) is 48.9. The van der Waals surface area contributed by atoms with E-state index in [0.29, 0.717) is 27.0 Å². The predicted octanol–water partition coefficient (Wildman–Crippen LogP) is 13.6. The zero-order valence-corrected chi connectivity index (χ0v) is 53.7. The first-order valence-electron chi connectivity index (χ1n) is 27.1. The second-order valence-corrected chi connectivity index (χ2v) is 26.4. The predicted molar refractivity (Wildman–Crippen MR) is 335 cm³/mol. The number of nitrogens with zero attached hydrogens (tertiary/aromatic N) is 3. The highest BCUT2D eigenvalue weighted by Crippen LogP contribution is 2.38. The number of anilines is 2. The number of aromatic amines is 1. The molecule has 5 aromatic carbocycles. The molecule has 0 aliphatic carbocycles. The Hall–Kier alpha value is -7.79. The van der Waals surface area contributed by atoms with E-state index >= 15 is 13.2 Å². The number of carbonyl (C=O) groups excluding carboxylic acids is 3. The van der Waals surface area contributed by atoms with E-state index in [-0.39, 0.29) is 84.5 Å². The summed E-state index contributed by atoms with van der Waals surface area (Å²) in [5, 5.41) is 0.304. The number of rotatable bonds is 17. The van der Waals surface area contributed by atoms with E-state index in [1.54, 1.807) is 38.1 Å². The minimum Gasteiger partial charge on any atom is -0.497 e. The van der Waals surface area contributed by atoms with Gasteiger partial charge in [0.15, 0.2) is 11.6 Å². The molecule has 0 radical (unpaired) electrons. The van der Waals surface area contributed by atoms with Crippen LogP contribution in [-0.2, 0) is 29.4 Å². The Bertz CT molecular complexity index is 4510. The number of pyridine rings is 2. The van der Waals surface area contributed by atoms with E-state index in [4.69, 9.17) is 42.0 Å². The van der Waals surface area contributed by atoms with Crippen LogP contribution in [0.1, 0.15) is 96.6 Å². The number of hydrogen-bond donors (Lipinski definition) is 3. The molecule has 9 aromatic rings. The molecule has 90 heavy (non-hydrogen) atoms. The summed E-state index contributed by atoms with van der Waals surface area (Å²) in [6.45, 7) is 10.7. The quantitative estimate of drug-likeness (QED) is 0.0438. The summed E-state index contributed by atoms with van der Waals surface area (Å²) in [5.74, 6) is -8.76. The van der Waals surface area contributed by atoms with E-state index in [0.717, 1.165) is 35.0 Å². The molecule has 0 unspecified atom stereocenters. The van der Waals surface area contributed by atoms with Gasteiger partial charge in [-0.3, -0.25) is 28.4 Å². The van der Waals surface area contributed by atoms with Crippen molar-refractivity contribution in [3.63, 3.8) is 0 Å². The van der Waals surface area contributed by atoms with Crippen LogP contribution >= 0.6 is 39.1 Å². The number of carbonyl (C=O) groups is 3. The van der Waals surface area contributed by atoms with Gasteiger partial charge in [0.05, 0.1) is 85.1 Å². The van der Waals surface area contributed by atoms with Crippen molar-refractivity contribution in [1.29, 1.82) is 0 Å². The van der Waals surface area contributed by atoms with Gasteiger partial charge >= 0.3 is 7.12 Å². The lowest BCUT2D eigenvalue weighted by Crippen LogP contribution is -2.41. The van der Waals surface area contributed by atoms with Gasteiger partial charge in [0.25, 0.3) is 5.91 Å². The van der Waals surface area contributed by atoms with E-state index in [9.17, 15) is 44.4 Å². The Balaban J connectivity index is 0.000000205. The summed E-state index contributed by atoms with van der Waals surface area (Å²) in [4.78, 5) is 52.3. The third-order valence-corrected chi connectivity index (χ3v) is 18.6. The normalized spacial score (nSPS) is 13.5. The SMILES string of the molecule is CCCS(=O)(=O)Nc1ccc(F)c(C(=O)c2c[nH]c3ncc(-c4ccc(OC)cc4F)cc23)c1F.CCCS(=O)(=O)Nc1ccc(F)c(C(=O)c2cn(C(=O)c3c(Cl)cccc3Cl)c3ncc(B4OC(C)(C)C(C)(C)O4)cc23)c1F.COc1ccc(Br)c(F)c1. The Morgan fingerprint density at radius 3 is 1.69 bits per heavy atom. The average Bonchev–Trinajstić information content (AvgIpc) is 1.82.